The summed E-state index contributed by atoms with van der Waals surface area (Å²) in [5.74, 6) is -2.22. The van der Waals surface area contributed by atoms with Gasteiger partial charge in [-0.2, -0.15) is 13.2 Å². The number of benzene rings is 3. The van der Waals surface area contributed by atoms with Crippen molar-refractivity contribution in [2.45, 2.75) is 18.5 Å². The maximum atomic E-state index is 12.6. The average Bonchev–Trinajstić information content (AvgIpc) is 2.75. The van der Waals surface area contributed by atoms with Crippen LogP contribution in [0.15, 0.2) is 72.8 Å². The Kier molecular flexibility index (Phi) is 6.72. The summed E-state index contributed by atoms with van der Waals surface area (Å²) < 4.78 is 43.0. The second-order valence-corrected chi connectivity index (χ2v) is 6.74. The fourth-order valence-electron chi connectivity index (χ4n) is 3.22. The van der Waals surface area contributed by atoms with Gasteiger partial charge in [0.2, 0.25) is 5.91 Å². The normalized spacial score (nSPS) is 12.4. The van der Waals surface area contributed by atoms with E-state index in [0.29, 0.717) is 11.1 Å². The van der Waals surface area contributed by atoms with E-state index in [9.17, 15) is 22.8 Å². The number of nitrogens with one attached hydrogen (secondary N) is 1. The first-order chi connectivity index (χ1) is 14.3. The number of rotatable bonds is 7. The summed E-state index contributed by atoms with van der Waals surface area (Å²) in [7, 11) is 0. The van der Waals surface area contributed by atoms with Crippen molar-refractivity contribution in [2.75, 3.05) is 13.2 Å². The summed E-state index contributed by atoms with van der Waals surface area (Å²) in [5, 5.41) is 3.58. The lowest BCUT2D eigenvalue weighted by molar-refractivity contribution is -0.139. The van der Waals surface area contributed by atoms with Crippen LogP contribution in [-0.4, -0.2) is 31.2 Å². The van der Waals surface area contributed by atoms with E-state index in [0.717, 1.165) is 10.8 Å². The minimum Gasteiger partial charge on any atom is -0.462 e. The molecule has 0 fully saturated rings. The van der Waals surface area contributed by atoms with Crippen molar-refractivity contribution in [2.24, 2.45) is 0 Å². The molecular weight excluding hydrogens is 395 g/mol. The zero-order valence-electron chi connectivity index (χ0n) is 16.0. The van der Waals surface area contributed by atoms with Crippen LogP contribution >= 0.6 is 0 Å². The SMILES string of the molecule is O=C(OCCC(C(=O)NCC(F)(F)F)c1cccc2ccccc12)c1ccccc1. The van der Waals surface area contributed by atoms with Gasteiger partial charge in [0.1, 0.15) is 6.54 Å². The van der Waals surface area contributed by atoms with Crippen molar-refractivity contribution in [3.8, 4) is 0 Å². The summed E-state index contributed by atoms with van der Waals surface area (Å²) in [6, 6.07) is 21.0. The Morgan fingerprint density at radius 3 is 2.30 bits per heavy atom. The van der Waals surface area contributed by atoms with Crippen LogP contribution in [0.1, 0.15) is 28.3 Å². The van der Waals surface area contributed by atoms with Gasteiger partial charge in [0.05, 0.1) is 18.1 Å². The molecule has 0 aliphatic carbocycles. The molecule has 3 aromatic rings. The first-order valence-corrected chi connectivity index (χ1v) is 9.39. The second-order valence-electron chi connectivity index (χ2n) is 6.74. The van der Waals surface area contributed by atoms with Crippen molar-refractivity contribution in [1.29, 1.82) is 0 Å². The van der Waals surface area contributed by atoms with Crippen molar-refractivity contribution in [1.82, 2.24) is 5.32 Å². The Morgan fingerprint density at radius 1 is 0.900 bits per heavy atom. The highest BCUT2D eigenvalue weighted by Gasteiger charge is 2.30. The minimum absolute atomic E-state index is 0.0519. The molecule has 0 aromatic heterocycles. The summed E-state index contributed by atoms with van der Waals surface area (Å²) >= 11 is 0. The van der Waals surface area contributed by atoms with Gasteiger partial charge in [0.15, 0.2) is 0 Å². The van der Waals surface area contributed by atoms with Crippen LogP contribution < -0.4 is 5.32 Å². The van der Waals surface area contributed by atoms with Crippen LogP contribution in [0.4, 0.5) is 13.2 Å². The van der Waals surface area contributed by atoms with Crippen molar-refractivity contribution in [3.63, 3.8) is 0 Å². The van der Waals surface area contributed by atoms with Crippen molar-refractivity contribution >= 4 is 22.6 Å². The molecule has 3 aromatic carbocycles. The lowest BCUT2D eigenvalue weighted by Crippen LogP contribution is -2.37. The molecule has 0 saturated heterocycles. The maximum absolute atomic E-state index is 12.6. The highest BCUT2D eigenvalue weighted by molar-refractivity contribution is 5.93. The van der Waals surface area contributed by atoms with Gasteiger partial charge in [-0.1, -0.05) is 60.7 Å². The minimum atomic E-state index is -4.52. The zero-order chi connectivity index (χ0) is 21.6. The molecular formula is C23H20F3NO3. The van der Waals surface area contributed by atoms with Gasteiger partial charge in [-0.05, 0) is 34.9 Å². The van der Waals surface area contributed by atoms with Crippen LogP contribution in [0.5, 0.6) is 0 Å². The molecule has 1 N–H and O–H groups in total. The smallest absolute Gasteiger partial charge is 0.405 e. The Hall–Kier alpha value is -3.35. The van der Waals surface area contributed by atoms with Gasteiger partial charge in [-0.15, -0.1) is 0 Å². The van der Waals surface area contributed by atoms with E-state index in [1.54, 1.807) is 48.5 Å². The lowest BCUT2D eigenvalue weighted by Gasteiger charge is -2.20. The van der Waals surface area contributed by atoms with E-state index in [1.807, 2.05) is 29.6 Å². The number of carbonyl (C=O) groups is 2. The molecule has 1 amide bonds. The average molecular weight is 415 g/mol. The number of esters is 1. The molecule has 156 valence electrons. The predicted molar refractivity (Wildman–Crippen MR) is 107 cm³/mol. The number of hydrogen-bond donors (Lipinski definition) is 1. The molecule has 4 nitrogen and oxygen atoms in total. The number of amides is 1. The Labute approximate surface area is 171 Å². The molecule has 0 aliphatic heterocycles. The van der Waals surface area contributed by atoms with E-state index >= 15 is 0 Å². The first kappa shape index (κ1) is 21.4. The Morgan fingerprint density at radius 2 is 1.57 bits per heavy atom. The number of fused-ring (bicyclic) bond motifs is 1. The van der Waals surface area contributed by atoms with Gasteiger partial charge in [-0.3, -0.25) is 4.79 Å². The highest BCUT2D eigenvalue weighted by Crippen LogP contribution is 2.29. The van der Waals surface area contributed by atoms with E-state index in [2.05, 4.69) is 0 Å². The molecule has 0 aliphatic rings. The monoisotopic (exact) mass is 415 g/mol. The number of ether oxygens (including phenoxy) is 1. The second kappa shape index (κ2) is 9.43. The Bertz CT molecular complexity index is 1010. The summed E-state index contributed by atoms with van der Waals surface area (Å²) in [6.45, 7) is -1.53. The molecule has 3 rings (SSSR count). The van der Waals surface area contributed by atoms with E-state index in [-0.39, 0.29) is 13.0 Å². The third kappa shape index (κ3) is 5.59. The van der Waals surface area contributed by atoms with Crippen LogP contribution in [0, 0.1) is 0 Å². The third-order valence-electron chi connectivity index (χ3n) is 4.63. The van der Waals surface area contributed by atoms with Crippen LogP contribution in [0.25, 0.3) is 10.8 Å². The highest BCUT2D eigenvalue weighted by atomic mass is 19.4. The molecule has 1 atom stereocenters. The predicted octanol–water partition coefficient (Wildman–Crippen LogP) is 4.85. The van der Waals surface area contributed by atoms with Crippen LogP contribution in [0.3, 0.4) is 0 Å². The number of alkyl halides is 3. The summed E-state index contributed by atoms with van der Waals surface area (Å²) in [6.07, 6.45) is -4.46. The fraction of sp³-hybridized carbons (Fsp3) is 0.217. The van der Waals surface area contributed by atoms with Gasteiger partial charge < -0.3 is 10.1 Å². The van der Waals surface area contributed by atoms with Crippen molar-refractivity contribution in [3.05, 3.63) is 83.9 Å². The molecule has 0 saturated carbocycles. The van der Waals surface area contributed by atoms with E-state index < -0.39 is 30.5 Å². The summed E-state index contributed by atoms with van der Waals surface area (Å²) in [4.78, 5) is 24.8. The fourth-order valence-corrected chi connectivity index (χ4v) is 3.22. The Balaban J connectivity index is 1.79. The number of halogens is 3. The molecule has 0 spiro atoms. The molecule has 0 radical (unpaired) electrons. The molecule has 0 bridgehead atoms. The zero-order valence-corrected chi connectivity index (χ0v) is 16.0. The van der Waals surface area contributed by atoms with E-state index in [4.69, 9.17) is 4.74 Å². The molecule has 7 heteroatoms. The molecule has 1 unspecified atom stereocenters. The van der Waals surface area contributed by atoms with Gasteiger partial charge in [-0.25, -0.2) is 4.79 Å². The van der Waals surface area contributed by atoms with Gasteiger partial charge in [0, 0.05) is 0 Å². The lowest BCUT2D eigenvalue weighted by atomic mass is 9.90. The molecule has 0 heterocycles. The van der Waals surface area contributed by atoms with Crippen LogP contribution in [-0.2, 0) is 9.53 Å². The number of hydrogen-bond acceptors (Lipinski definition) is 3. The van der Waals surface area contributed by atoms with Gasteiger partial charge in [0.25, 0.3) is 0 Å². The van der Waals surface area contributed by atoms with Crippen LogP contribution in [0.2, 0.25) is 0 Å². The standard InChI is InChI=1S/C23H20F3NO3/c24-23(25,26)15-27-21(28)20(13-14-30-22(29)17-8-2-1-3-9-17)19-12-6-10-16-7-4-5-11-18(16)19/h1-12,20H,13-15H2,(H,27,28). The van der Waals surface area contributed by atoms with Gasteiger partial charge >= 0.3 is 12.1 Å². The van der Waals surface area contributed by atoms with Crippen molar-refractivity contribution < 1.29 is 27.5 Å². The topological polar surface area (TPSA) is 55.4 Å². The summed E-state index contributed by atoms with van der Waals surface area (Å²) in [5.41, 5.74) is 0.948. The quantitative estimate of drug-likeness (QED) is 0.562. The largest absolute Gasteiger partial charge is 0.462 e. The maximum Gasteiger partial charge on any atom is 0.405 e. The third-order valence-corrected chi connectivity index (χ3v) is 4.63. The van der Waals surface area contributed by atoms with E-state index in [1.165, 1.54) is 0 Å². The molecule has 30 heavy (non-hydrogen) atoms. The number of carbonyl (C=O) groups excluding carboxylic acids is 2. The first-order valence-electron chi connectivity index (χ1n) is 9.39.